The van der Waals surface area contributed by atoms with Gasteiger partial charge < -0.3 is 19.7 Å². The molecule has 1 saturated heterocycles. The number of aliphatic hydroxyl groups is 1. The number of amides is 1. The summed E-state index contributed by atoms with van der Waals surface area (Å²) in [4.78, 5) is 16.2. The minimum atomic E-state index is -4.71. The summed E-state index contributed by atoms with van der Waals surface area (Å²) < 4.78 is 46.9. The Morgan fingerprint density at radius 1 is 1.27 bits per heavy atom. The van der Waals surface area contributed by atoms with Gasteiger partial charge in [0.25, 0.3) is 5.91 Å². The lowest BCUT2D eigenvalue weighted by Gasteiger charge is -2.41. The highest BCUT2D eigenvalue weighted by Crippen LogP contribution is 2.36. The number of carbonyl (C=O) groups excluding carboxylic acids is 1. The molecule has 1 aliphatic heterocycles. The van der Waals surface area contributed by atoms with E-state index in [2.05, 4.69) is 20.5 Å². The van der Waals surface area contributed by atoms with Crippen LogP contribution < -0.4 is 5.32 Å². The number of pyridine rings is 1. The van der Waals surface area contributed by atoms with E-state index in [1.165, 1.54) is 6.07 Å². The largest absolute Gasteiger partial charge is 0.433 e. The van der Waals surface area contributed by atoms with Gasteiger partial charge in [0.05, 0.1) is 13.2 Å². The first kappa shape index (κ1) is 22.9. The first-order chi connectivity index (χ1) is 15.7. The van der Waals surface area contributed by atoms with E-state index in [0.29, 0.717) is 25.3 Å². The molecule has 3 aromatic rings. The molecule has 1 aromatic carbocycles. The van der Waals surface area contributed by atoms with Crippen molar-refractivity contribution in [2.75, 3.05) is 25.1 Å². The molecular formula is C22H22F3N5O3. The number of alkyl halides is 3. The van der Waals surface area contributed by atoms with Gasteiger partial charge in [-0.05, 0) is 41.8 Å². The first-order valence-electron chi connectivity index (χ1n) is 10.2. The highest BCUT2D eigenvalue weighted by Gasteiger charge is 2.42. The van der Waals surface area contributed by atoms with Crippen LogP contribution in [0.4, 0.5) is 18.9 Å². The average molecular weight is 461 g/mol. The van der Waals surface area contributed by atoms with Crippen molar-refractivity contribution in [3.05, 3.63) is 71.1 Å². The Morgan fingerprint density at radius 3 is 2.67 bits per heavy atom. The van der Waals surface area contributed by atoms with Gasteiger partial charge in [0.15, 0.2) is 0 Å². The van der Waals surface area contributed by atoms with Gasteiger partial charge in [0.1, 0.15) is 23.5 Å². The molecule has 0 spiro atoms. The number of nitrogens with one attached hydrogen (secondary N) is 1. The number of aryl methyl sites for hydroxylation is 1. The summed E-state index contributed by atoms with van der Waals surface area (Å²) in [5.74, 6) is 0.0157. The zero-order chi connectivity index (χ0) is 23.6. The van der Waals surface area contributed by atoms with Crippen LogP contribution in [0.2, 0.25) is 0 Å². The van der Waals surface area contributed by atoms with E-state index in [0.717, 1.165) is 17.5 Å². The highest BCUT2D eigenvalue weighted by atomic mass is 19.4. The molecule has 0 radical (unpaired) electrons. The zero-order valence-corrected chi connectivity index (χ0v) is 17.8. The molecule has 174 valence electrons. The fourth-order valence-electron chi connectivity index (χ4n) is 3.73. The zero-order valence-electron chi connectivity index (χ0n) is 17.8. The normalized spacial score (nSPS) is 15.2. The van der Waals surface area contributed by atoms with Crippen molar-refractivity contribution in [1.82, 2.24) is 19.7 Å². The lowest BCUT2D eigenvalue weighted by Crippen LogP contribution is -2.49. The standard InChI is InChI=1S/C22H22F3N5O3/c1-30-13-26-29-19(30)10-21(11-33-12-21)15-3-2-4-16(9-15)27-20(32)17-7-14(5-6-31)8-18(28-17)22(23,24)25/h2-4,7-9,13,31H,5-6,10-12H2,1H3,(H,27,32). The Morgan fingerprint density at radius 2 is 2.06 bits per heavy atom. The Kier molecular flexibility index (Phi) is 6.17. The summed E-state index contributed by atoms with van der Waals surface area (Å²) >= 11 is 0. The number of anilines is 1. The van der Waals surface area contributed by atoms with Crippen LogP contribution in [0, 0.1) is 0 Å². The molecule has 11 heteroatoms. The predicted octanol–water partition coefficient (Wildman–Crippen LogP) is 2.53. The van der Waals surface area contributed by atoms with Crippen LogP contribution >= 0.6 is 0 Å². The molecule has 0 bridgehead atoms. The smallest absolute Gasteiger partial charge is 0.396 e. The van der Waals surface area contributed by atoms with Gasteiger partial charge in [-0.3, -0.25) is 4.79 Å². The summed E-state index contributed by atoms with van der Waals surface area (Å²) in [6.45, 7) is 0.591. The topological polar surface area (TPSA) is 102 Å². The van der Waals surface area contributed by atoms with Crippen LogP contribution in [-0.2, 0) is 36.2 Å². The fraction of sp³-hybridized carbons (Fsp3) is 0.364. The van der Waals surface area contributed by atoms with Crippen LogP contribution in [-0.4, -0.2) is 50.6 Å². The van der Waals surface area contributed by atoms with E-state index < -0.39 is 17.8 Å². The van der Waals surface area contributed by atoms with E-state index in [1.54, 1.807) is 24.5 Å². The van der Waals surface area contributed by atoms with Gasteiger partial charge >= 0.3 is 6.18 Å². The second-order valence-corrected chi connectivity index (χ2v) is 8.06. The molecule has 3 heterocycles. The molecule has 4 rings (SSSR count). The van der Waals surface area contributed by atoms with Gasteiger partial charge in [-0.15, -0.1) is 10.2 Å². The molecule has 1 fully saturated rings. The molecule has 2 aromatic heterocycles. The van der Waals surface area contributed by atoms with Gasteiger partial charge in [-0.25, -0.2) is 4.98 Å². The summed E-state index contributed by atoms with van der Waals surface area (Å²) in [5.41, 5.74) is -0.393. The Labute approximate surface area is 187 Å². The van der Waals surface area contributed by atoms with Crippen molar-refractivity contribution in [1.29, 1.82) is 0 Å². The van der Waals surface area contributed by atoms with Gasteiger partial charge in [0, 0.05) is 31.2 Å². The van der Waals surface area contributed by atoms with E-state index in [4.69, 9.17) is 9.84 Å². The summed E-state index contributed by atoms with van der Waals surface area (Å²) in [7, 11) is 1.85. The second kappa shape index (κ2) is 8.91. The number of hydrogen-bond donors (Lipinski definition) is 2. The Balaban J connectivity index is 1.58. The lowest BCUT2D eigenvalue weighted by atomic mass is 9.75. The molecule has 1 aliphatic rings. The molecule has 0 atom stereocenters. The SMILES string of the molecule is Cn1cnnc1CC1(c2cccc(NC(=O)c3cc(CCO)cc(C(F)(F)F)n3)c2)COC1. The maximum atomic E-state index is 13.2. The monoisotopic (exact) mass is 461 g/mol. The van der Waals surface area contributed by atoms with Gasteiger partial charge in [-0.1, -0.05) is 12.1 Å². The van der Waals surface area contributed by atoms with E-state index in [9.17, 15) is 18.0 Å². The Bertz CT molecular complexity index is 1160. The number of halogens is 3. The number of aliphatic hydroxyl groups excluding tert-OH is 1. The van der Waals surface area contributed by atoms with E-state index in [-0.39, 0.29) is 29.7 Å². The molecule has 2 N–H and O–H groups in total. The number of aromatic nitrogens is 4. The molecule has 0 unspecified atom stereocenters. The number of hydrogen-bond acceptors (Lipinski definition) is 6. The maximum Gasteiger partial charge on any atom is 0.433 e. The van der Waals surface area contributed by atoms with Crippen LogP contribution in [0.25, 0.3) is 0 Å². The van der Waals surface area contributed by atoms with Crippen molar-refractivity contribution in [3.63, 3.8) is 0 Å². The molecule has 0 saturated carbocycles. The number of benzene rings is 1. The third-order valence-corrected chi connectivity index (χ3v) is 5.60. The van der Waals surface area contributed by atoms with Crippen LogP contribution in [0.5, 0.6) is 0 Å². The fourth-order valence-corrected chi connectivity index (χ4v) is 3.73. The van der Waals surface area contributed by atoms with Crippen LogP contribution in [0.15, 0.2) is 42.7 Å². The van der Waals surface area contributed by atoms with Crippen LogP contribution in [0.1, 0.15) is 33.1 Å². The van der Waals surface area contributed by atoms with Gasteiger partial charge in [0.2, 0.25) is 0 Å². The van der Waals surface area contributed by atoms with Crippen molar-refractivity contribution in [2.45, 2.75) is 24.4 Å². The first-order valence-corrected chi connectivity index (χ1v) is 10.2. The Hall–Kier alpha value is -3.31. The summed E-state index contributed by atoms with van der Waals surface area (Å²) in [5, 5.41) is 19.8. The van der Waals surface area contributed by atoms with Crippen molar-refractivity contribution in [2.24, 2.45) is 7.05 Å². The minimum absolute atomic E-state index is 0.0219. The van der Waals surface area contributed by atoms with Crippen LogP contribution in [0.3, 0.4) is 0 Å². The van der Waals surface area contributed by atoms with Crippen molar-refractivity contribution < 1.29 is 27.8 Å². The molecular weight excluding hydrogens is 439 g/mol. The predicted molar refractivity (Wildman–Crippen MR) is 112 cm³/mol. The van der Waals surface area contributed by atoms with Crippen molar-refractivity contribution in [3.8, 4) is 0 Å². The molecule has 8 nitrogen and oxygen atoms in total. The maximum absolute atomic E-state index is 13.2. The quantitative estimate of drug-likeness (QED) is 0.561. The van der Waals surface area contributed by atoms with Crippen molar-refractivity contribution >= 4 is 11.6 Å². The van der Waals surface area contributed by atoms with E-state index >= 15 is 0 Å². The molecule has 33 heavy (non-hydrogen) atoms. The summed E-state index contributed by atoms with van der Waals surface area (Å²) in [6.07, 6.45) is -2.53. The molecule has 0 aliphatic carbocycles. The summed E-state index contributed by atoms with van der Waals surface area (Å²) in [6, 6.07) is 9.19. The number of ether oxygens (including phenoxy) is 1. The number of carbonyl (C=O) groups is 1. The second-order valence-electron chi connectivity index (χ2n) is 8.06. The minimum Gasteiger partial charge on any atom is -0.396 e. The third kappa shape index (κ3) is 4.88. The van der Waals surface area contributed by atoms with E-state index in [1.807, 2.05) is 17.7 Å². The third-order valence-electron chi connectivity index (χ3n) is 5.60. The number of nitrogens with zero attached hydrogens (tertiary/aromatic N) is 4. The molecule has 1 amide bonds. The lowest BCUT2D eigenvalue weighted by molar-refractivity contribution is -0.141. The average Bonchev–Trinajstić information content (AvgIpc) is 3.14. The highest BCUT2D eigenvalue weighted by molar-refractivity contribution is 6.03. The van der Waals surface area contributed by atoms with Gasteiger partial charge in [-0.2, -0.15) is 13.2 Å². The number of rotatable bonds is 7.